The van der Waals surface area contributed by atoms with Crippen molar-refractivity contribution in [3.63, 3.8) is 0 Å². The van der Waals surface area contributed by atoms with Crippen molar-refractivity contribution >= 4 is 34.1 Å². The molecule has 0 bridgehead atoms. The fourth-order valence-corrected chi connectivity index (χ4v) is 4.40. The standard InChI is InChI=1S/C28H28Cl2N2O2/c1-2-20-19-23(15-16-25(20)30)34-18-8-4-3-7-17-32-27(21-11-13-22(29)14-12-21)31-26-10-6-5-9-24(26)28(32)33/h5-6,9-16,19H,2-4,7-8,17-18H2,1H3. The second-order valence-corrected chi connectivity index (χ2v) is 9.13. The van der Waals surface area contributed by atoms with Gasteiger partial charge in [0.1, 0.15) is 11.6 Å². The number of unbranched alkanes of at least 4 members (excludes halogenated alkanes) is 3. The van der Waals surface area contributed by atoms with Crippen LogP contribution < -0.4 is 10.3 Å². The average molecular weight is 495 g/mol. The number of aryl methyl sites for hydroxylation is 1. The zero-order valence-electron chi connectivity index (χ0n) is 19.3. The first-order valence-corrected chi connectivity index (χ1v) is 12.5. The van der Waals surface area contributed by atoms with Crippen LogP contribution >= 0.6 is 23.2 Å². The Morgan fingerprint density at radius 2 is 1.68 bits per heavy atom. The number of hydrogen-bond acceptors (Lipinski definition) is 3. The van der Waals surface area contributed by atoms with Crippen LogP contribution in [0.15, 0.2) is 71.5 Å². The van der Waals surface area contributed by atoms with Crippen molar-refractivity contribution in [2.24, 2.45) is 0 Å². The number of nitrogens with zero attached hydrogens (tertiary/aromatic N) is 2. The molecule has 0 atom stereocenters. The minimum Gasteiger partial charge on any atom is -0.494 e. The highest BCUT2D eigenvalue weighted by Crippen LogP contribution is 2.23. The second-order valence-electron chi connectivity index (χ2n) is 8.29. The molecular formula is C28H28Cl2N2O2. The van der Waals surface area contributed by atoms with Crippen molar-refractivity contribution in [3.8, 4) is 17.1 Å². The average Bonchev–Trinajstić information content (AvgIpc) is 2.86. The number of aromatic nitrogens is 2. The SMILES string of the molecule is CCc1cc(OCCCCCCn2c(-c3ccc(Cl)cc3)nc3ccccc3c2=O)ccc1Cl. The van der Waals surface area contributed by atoms with E-state index >= 15 is 0 Å². The van der Waals surface area contributed by atoms with Crippen LogP contribution in [-0.2, 0) is 13.0 Å². The smallest absolute Gasteiger partial charge is 0.261 e. The maximum atomic E-state index is 13.3. The van der Waals surface area contributed by atoms with Gasteiger partial charge >= 0.3 is 0 Å². The first kappa shape index (κ1) is 24.3. The normalized spacial score (nSPS) is 11.1. The molecule has 0 unspecified atom stereocenters. The van der Waals surface area contributed by atoms with Gasteiger partial charge in [-0.25, -0.2) is 4.98 Å². The van der Waals surface area contributed by atoms with E-state index in [0.29, 0.717) is 34.9 Å². The predicted octanol–water partition coefficient (Wildman–Crippen LogP) is 7.57. The Balaban J connectivity index is 1.37. The molecular weight excluding hydrogens is 467 g/mol. The van der Waals surface area contributed by atoms with Crippen molar-refractivity contribution in [1.29, 1.82) is 0 Å². The lowest BCUT2D eigenvalue weighted by atomic mass is 10.1. The Bertz CT molecular complexity index is 1320. The number of para-hydroxylation sites is 1. The molecule has 176 valence electrons. The second kappa shape index (κ2) is 11.5. The van der Waals surface area contributed by atoms with Crippen LogP contribution in [0.5, 0.6) is 5.75 Å². The van der Waals surface area contributed by atoms with E-state index in [0.717, 1.165) is 54.0 Å². The van der Waals surface area contributed by atoms with Crippen molar-refractivity contribution in [1.82, 2.24) is 9.55 Å². The Morgan fingerprint density at radius 3 is 2.47 bits per heavy atom. The minimum atomic E-state index is -0.00616. The molecule has 34 heavy (non-hydrogen) atoms. The van der Waals surface area contributed by atoms with E-state index in [2.05, 4.69) is 6.92 Å². The summed E-state index contributed by atoms with van der Waals surface area (Å²) in [5.74, 6) is 1.54. The summed E-state index contributed by atoms with van der Waals surface area (Å²) in [7, 11) is 0. The molecule has 6 heteroatoms. The molecule has 0 saturated carbocycles. The van der Waals surface area contributed by atoms with Gasteiger partial charge in [0.15, 0.2) is 0 Å². The summed E-state index contributed by atoms with van der Waals surface area (Å²) in [6.07, 6.45) is 4.77. The molecule has 4 aromatic rings. The molecule has 0 aliphatic carbocycles. The van der Waals surface area contributed by atoms with Crippen LogP contribution in [0.4, 0.5) is 0 Å². The number of hydrogen-bond donors (Lipinski definition) is 0. The van der Waals surface area contributed by atoms with E-state index in [1.807, 2.05) is 66.7 Å². The van der Waals surface area contributed by atoms with Crippen molar-refractivity contribution in [2.75, 3.05) is 6.61 Å². The van der Waals surface area contributed by atoms with Gasteiger partial charge in [0.2, 0.25) is 0 Å². The molecule has 0 saturated heterocycles. The van der Waals surface area contributed by atoms with Crippen LogP contribution in [0, 0.1) is 0 Å². The van der Waals surface area contributed by atoms with Gasteiger partial charge in [0.25, 0.3) is 5.56 Å². The quantitative estimate of drug-likeness (QED) is 0.213. The third-order valence-corrected chi connectivity index (χ3v) is 6.53. The summed E-state index contributed by atoms with van der Waals surface area (Å²) in [5.41, 5.74) is 2.69. The van der Waals surface area contributed by atoms with E-state index in [4.69, 9.17) is 32.9 Å². The van der Waals surface area contributed by atoms with Crippen LogP contribution in [0.2, 0.25) is 10.0 Å². The molecule has 0 aliphatic heterocycles. The summed E-state index contributed by atoms with van der Waals surface area (Å²) in [4.78, 5) is 18.1. The van der Waals surface area contributed by atoms with Crippen LogP contribution in [0.3, 0.4) is 0 Å². The van der Waals surface area contributed by atoms with Crippen molar-refractivity contribution < 1.29 is 4.74 Å². The first-order chi connectivity index (χ1) is 16.6. The maximum absolute atomic E-state index is 13.3. The third kappa shape index (κ3) is 5.81. The number of fused-ring (bicyclic) bond motifs is 1. The lowest BCUT2D eigenvalue weighted by Crippen LogP contribution is -2.23. The van der Waals surface area contributed by atoms with Gasteiger partial charge in [-0.1, -0.05) is 55.1 Å². The zero-order valence-corrected chi connectivity index (χ0v) is 20.8. The number of ether oxygens (including phenoxy) is 1. The monoisotopic (exact) mass is 494 g/mol. The van der Waals surface area contributed by atoms with Crippen LogP contribution in [-0.4, -0.2) is 16.2 Å². The van der Waals surface area contributed by atoms with Gasteiger partial charge in [-0.15, -0.1) is 0 Å². The van der Waals surface area contributed by atoms with Gasteiger partial charge in [-0.2, -0.15) is 0 Å². The molecule has 1 aromatic heterocycles. The Kier molecular flexibility index (Phi) is 8.25. The first-order valence-electron chi connectivity index (χ1n) is 11.7. The van der Waals surface area contributed by atoms with Gasteiger partial charge in [-0.05, 0) is 79.4 Å². The highest BCUT2D eigenvalue weighted by molar-refractivity contribution is 6.31. The van der Waals surface area contributed by atoms with Crippen molar-refractivity contribution in [3.05, 3.63) is 92.7 Å². The summed E-state index contributed by atoms with van der Waals surface area (Å²) in [6, 6.07) is 20.8. The minimum absolute atomic E-state index is 0.00616. The zero-order chi connectivity index (χ0) is 23.9. The van der Waals surface area contributed by atoms with Crippen LogP contribution in [0.1, 0.15) is 38.2 Å². The summed E-state index contributed by atoms with van der Waals surface area (Å²) in [5, 5.41) is 2.08. The summed E-state index contributed by atoms with van der Waals surface area (Å²) >= 11 is 12.2. The van der Waals surface area contributed by atoms with Gasteiger partial charge in [0, 0.05) is 22.2 Å². The molecule has 3 aromatic carbocycles. The predicted molar refractivity (Wildman–Crippen MR) is 141 cm³/mol. The lowest BCUT2D eigenvalue weighted by molar-refractivity contribution is 0.304. The molecule has 1 heterocycles. The van der Waals surface area contributed by atoms with Crippen LogP contribution in [0.25, 0.3) is 22.3 Å². The summed E-state index contributed by atoms with van der Waals surface area (Å²) < 4.78 is 7.68. The van der Waals surface area contributed by atoms with E-state index in [1.54, 1.807) is 4.57 Å². The number of halogens is 2. The molecule has 4 rings (SSSR count). The van der Waals surface area contributed by atoms with Crippen molar-refractivity contribution in [2.45, 2.75) is 45.6 Å². The van der Waals surface area contributed by atoms with E-state index in [9.17, 15) is 4.79 Å². The highest BCUT2D eigenvalue weighted by Gasteiger charge is 2.12. The highest BCUT2D eigenvalue weighted by atomic mass is 35.5. The fraction of sp³-hybridized carbons (Fsp3) is 0.286. The number of rotatable bonds is 10. The van der Waals surface area contributed by atoms with E-state index in [1.165, 1.54) is 0 Å². The van der Waals surface area contributed by atoms with E-state index < -0.39 is 0 Å². The molecule has 0 spiro atoms. The Hall–Kier alpha value is -2.82. The van der Waals surface area contributed by atoms with Gasteiger partial charge in [0.05, 0.1) is 17.5 Å². The molecule has 4 nitrogen and oxygen atoms in total. The maximum Gasteiger partial charge on any atom is 0.261 e. The largest absolute Gasteiger partial charge is 0.494 e. The van der Waals surface area contributed by atoms with E-state index in [-0.39, 0.29) is 5.56 Å². The topological polar surface area (TPSA) is 44.1 Å². The molecule has 0 amide bonds. The number of benzene rings is 3. The molecule has 0 fully saturated rings. The van der Waals surface area contributed by atoms with Gasteiger partial charge in [-0.3, -0.25) is 9.36 Å². The Labute approximate surface area is 210 Å². The fourth-order valence-electron chi connectivity index (χ4n) is 4.02. The molecule has 0 aliphatic rings. The Morgan fingerprint density at radius 1 is 0.912 bits per heavy atom. The summed E-state index contributed by atoms with van der Waals surface area (Å²) in [6.45, 7) is 3.37. The van der Waals surface area contributed by atoms with Gasteiger partial charge < -0.3 is 4.74 Å². The molecule has 0 N–H and O–H groups in total. The third-order valence-electron chi connectivity index (χ3n) is 5.91. The molecule has 0 radical (unpaired) electrons. The lowest BCUT2D eigenvalue weighted by Gasteiger charge is -2.14.